The van der Waals surface area contributed by atoms with E-state index in [-0.39, 0.29) is 17.7 Å². The summed E-state index contributed by atoms with van der Waals surface area (Å²) in [6.07, 6.45) is 1.50. The summed E-state index contributed by atoms with van der Waals surface area (Å²) >= 11 is 10.7. The molecule has 5 nitrogen and oxygen atoms in total. The van der Waals surface area contributed by atoms with Crippen LogP contribution in [0.4, 0.5) is 10.8 Å². The Morgan fingerprint density at radius 1 is 1.17 bits per heavy atom. The van der Waals surface area contributed by atoms with E-state index in [1.807, 2.05) is 25.1 Å². The van der Waals surface area contributed by atoms with Crippen molar-refractivity contribution in [2.75, 3.05) is 10.6 Å². The van der Waals surface area contributed by atoms with Crippen LogP contribution in [-0.2, 0) is 11.2 Å². The first kappa shape index (κ1) is 20.1. The Morgan fingerprint density at radius 3 is 2.66 bits per heavy atom. The third-order valence-corrected chi connectivity index (χ3v) is 6.60. The van der Waals surface area contributed by atoms with Crippen LogP contribution >= 0.6 is 38.9 Å². The summed E-state index contributed by atoms with van der Waals surface area (Å²) in [4.78, 5) is 30.8. The minimum absolute atomic E-state index is 0.0740. The molecular weight excluding hydrogens is 474 g/mol. The van der Waals surface area contributed by atoms with Crippen molar-refractivity contribution in [3.63, 3.8) is 0 Å². The molecule has 2 N–H and O–H groups in total. The normalized spacial score (nSPS) is 15.1. The van der Waals surface area contributed by atoms with E-state index in [4.69, 9.17) is 11.6 Å². The van der Waals surface area contributed by atoms with Gasteiger partial charge in [-0.15, -0.1) is 11.3 Å². The molecule has 1 aliphatic rings. The second-order valence-electron chi connectivity index (χ2n) is 6.83. The highest BCUT2D eigenvalue weighted by atomic mass is 79.9. The summed E-state index contributed by atoms with van der Waals surface area (Å²) in [5, 5.41) is 6.91. The number of hydrogen-bond donors (Lipinski definition) is 2. The summed E-state index contributed by atoms with van der Waals surface area (Å²) < 4.78 is 0.969. The van der Waals surface area contributed by atoms with Crippen molar-refractivity contribution >= 4 is 61.5 Å². The Hall–Kier alpha value is -2.22. The quantitative estimate of drug-likeness (QED) is 0.486. The Labute approximate surface area is 185 Å². The lowest BCUT2D eigenvalue weighted by Gasteiger charge is -2.13. The average Bonchev–Trinajstić information content (AvgIpc) is 3.24. The Kier molecular flexibility index (Phi) is 5.72. The van der Waals surface area contributed by atoms with Crippen molar-refractivity contribution in [3.8, 4) is 0 Å². The van der Waals surface area contributed by atoms with Gasteiger partial charge in [-0.2, -0.15) is 0 Å². The first-order valence-electron chi connectivity index (χ1n) is 9.04. The molecule has 3 aromatic rings. The van der Waals surface area contributed by atoms with Crippen LogP contribution in [-0.4, -0.2) is 16.8 Å². The Balaban J connectivity index is 1.47. The smallest absolute Gasteiger partial charge is 0.257 e. The number of hydrogen-bond acceptors (Lipinski definition) is 4. The van der Waals surface area contributed by atoms with Crippen LogP contribution in [0, 0.1) is 6.92 Å². The molecule has 1 aromatic heterocycles. The molecule has 1 atom stereocenters. The Morgan fingerprint density at radius 2 is 1.93 bits per heavy atom. The van der Waals surface area contributed by atoms with E-state index in [0.29, 0.717) is 15.7 Å². The fraction of sp³-hybridized carbons (Fsp3) is 0.190. The van der Waals surface area contributed by atoms with Gasteiger partial charge in [0.2, 0.25) is 5.91 Å². The predicted molar refractivity (Wildman–Crippen MR) is 120 cm³/mol. The molecule has 2 aromatic carbocycles. The lowest BCUT2D eigenvalue weighted by Crippen LogP contribution is -2.20. The van der Waals surface area contributed by atoms with Crippen LogP contribution in [0.2, 0.25) is 5.02 Å². The molecule has 0 radical (unpaired) electrons. The lowest BCUT2D eigenvalue weighted by molar-refractivity contribution is -0.117. The first-order valence-corrected chi connectivity index (χ1v) is 11.0. The van der Waals surface area contributed by atoms with Crippen molar-refractivity contribution in [1.29, 1.82) is 0 Å². The third-order valence-electron chi connectivity index (χ3n) is 4.81. The highest BCUT2D eigenvalue weighted by Crippen LogP contribution is 2.39. The molecular formula is C21H17BrClN3O2S. The number of benzene rings is 2. The van der Waals surface area contributed by atoms with Crippen LogP contribution in [0.1, 0.15) is 38.8 Å². The van der Waals surface area contributed by atoms with Crippen LogP contribution in [0.3, 0.4) is 0 Å². The molecule has 0 saturated heterocycles. The number of fused-ring (bicyclic) bond motifs is 1. The summed E-state index contributed by atoms with van der Waals surface area (Å²) in [5.41, 5.74) is 3.04. The maximum Gasteiger partial charge on any atom is 0.257 e. The van der Waals surface area contributed by atoms with E-state index in [0.717, 1.165) is 39.1 Å². The zero-order valence-electron chi connectivity index (χ0n) is 15.5. The largest absolute Gasteiger partial charge is 0.325 e. The van der Waals surface area contributed by atoms with Crippen LogP contribution in [0.15, 0.2) is 46.9 Å². The van der Waals surface area contributed by atoms with Gasteiger partial charge >= 0.3 is 0 Å². The Bertz CT molecular complexity index is 1100. The zero-order chi connectivity index (χ0) is 20.5. The molecule has 0 fully saturated rings. The van der Waals surface area contributed by atoms with E-state index in [9.17, 15) is 9.59 Å². The van der Waals surface area contributed by atoms with Crippen molar-refractivity contribution in [3.05, 3.63) is 73.7 Å². The molecule has 1 unspecified atom stereocenters. The fourth-order valence-corrected chi connectivity index (χ4v) is 4.93. The van der Waals surface area contributed by atoms with Gasteiger partial charge in [-0.25, -0.2) is 4.98 Å². The third kappa shape index (κ3) is 4.37. The molecule has 29 heavy (non-hydrogen) atoms. The maximum absolute atomic E-state index is 12.8. The first-order chi connectivity index (χ1) is 13.9. The van der Waals surface area contributed by atoms with Gasteiger partial charge < -0.3 is 5.32 Å². The minimum atomic E-state index is -0.314. The van der Waals surface area contributed by atoms with Crippen LogP contribution in [0.25, 0.3) is 0 Å². The summed E-state index contributed by atoms with van der Waals surface area (Å²) in [6.45, 7) is 1.95. The number of carbonyl (C=O) groups excluding carboxylic acids is 2. The van der Waals surface area contributed by atoms with Gasteiger partial charge in [0.15, 0.2) is 5.13 Å². The van der Waals surface area contributed by atoms with Crippen LogP contribution < -0.4 is 10.6 Å². The lowest BCUT2D eigenvalue weighted by atomic mass is 10.1. The highest BCUT2D eigenvalue weighted by molar-refractivity contribution is 9.10. The minimum Gasteiger partial charge on any atom is -0.325 e. The second kappa shape index (κ2) is 8.26. The molecule has 0 saturated carbocycles. The fourth-order valence-electron chi connectivity index (χ4n) is 3.29. The second-order valence-corrected chi connectivity index (χ2v) is 9.26. The molecule has 0 spiro atoms. The number of anilines is 2. The molecule has 0 bridgehead atoms. The van der Waals surface area contributed by atoms with Crippen molar-refractivity contribution in [2.45, 2.75) is 25.7 Å². The molecule has 2 amide bonds. The summed E-state index contributed by atoms with van der Waals surface area (Å²) in [7, 11) is 0. The standard InChI is InChI=1S/C21H17BrClN3O2S/c1-11-10-13(22)4-8-16(11)24-20(28)15-7-9-17-18(15)25-21(29-17)26-19(27)12-2-5-14(23)6-3-12/h2-6,8,10,15H,7,9H2,1H3,(H,24,28)(H,25,26,27). The molecule has 1 aliphatic carbocycles. The molecule has 148 valence electrons. The number of aryl methyl sites for hydroxylation is 2. The molecule has 1 heterocycles. The molecule has 8 heteroatoms. The SMILES string of the molecule is Cc1cc(Br)ccc1NC(=O)C1CCc2sc(NC(=O)c3ccc(Cl)cc3)nc21. The molecule has 4 rings (SSSR count). The monoisotopic (exact) mass is 489 g/mol. The van der Waals surface area contributed by atoms with Gasteiger partial charge in [-0.3, -0.25) is 14.9 Å². The van der Waals surface area contributed by atoms with Gasteiger partial charge in [0, 0.05) is 25.6 Å². The maximum atomic E-state index is 12.8. The number of amides is 2. The van der Waals surface area contributed by atoms with Crippen LogP contribution in [0.5, 0.6) is 0 Å². The van der Waals surface area contributed by atoms with Gasteiger partial charge in [0.25, 0.3) is 5.91 Å². The topological polar surface area (TPSA) is 71.1 Å². The van der Waals surface area contributed by atoms with E-state index in [1.165, 1.54) is 11.3 Å². The van der Waals surface area contributed by atoms with Crippen molar-refractivity contribution in [2.24, 2.45) is 0 Å². The van der Waals surface area contributed by atoms with E-state index < -0.39 is 0 Å². The summed E-state index contributed by atoms with van der Waals surface area (Å²) in [5.74, 6) is -0.638. The van der Waals surface area contributed by atoms with E-state index >= 15 is 0 Å². The number of aromatic nitrogens is 1. The van der Waals surface area contributed by atoms with Gasteiger partial charge in [0.1, 0.15) is 0 Å². The van der Waals surface area contributed by atoms with Gasteiger partial charge in [-0.05, 0) is 67.8 Å². The van der Waals surface area contributed by atoms with Crippen molar-refractivity contribution < 1.29 is 9.59 Å². The number of nitrogens with one attached hydrogen (secondary N) is 2. The van der Waals surface area contributed by atoms with Gasteiger partial charge in [-0.1, -0.05) is 27.5 Å². The highest BCUT2D eigenvalue weighted by Gasteiger charge is 2.33. The number of nitrogens with zero attached hydrogens (tertiary/aromatic N) is 1. The number of rotatable bonds is 4. The summed E-state index contributed by atoms with van der Waals surface area (Å²) in [6, 6.07) is 12.4. The number of thiazole rings is 1. The van der Waals surface area contributed by atoms with E-state index in [2.05, 4.69) is 31.5 Å². The number of carbonyl (C=O) groups is 2. The van der Waals surface area contributed by atoms with E-state index in [1.54, 1.807) is 24.3 Å². The van der Waals surface area contributed by atoms with Crippen molar-refractivity contribution in [1.82, 2.24) is 4.98 Å². The molecule has 0 aliphatic heterocycles. The zero-order valence-corrected chi connectivity index (χ0v) is 18.6. The van der Waals surface area contributed by atoms with Gasteiger partial charge in [0.05, 0.1) is 11.6 Å². The predicted octanol–water partition coefficient (Wildman–Crippen LogP) is 5.79. The number of halogens is 2. The average molecular weight is 491 g/mol.